The molecule has 1 fully saturated rings. The second-order valence-electron chi connectivity index (χ2n) is 7.35. The van der Waals surface area contributed by atoms with Gasteiger partial charge in [0, 0.05) is 19.6 Å². The lowest BCUT2D eigenvalue weighted by molar-refractivity contribution is -0.0370. The molecular weight excluding hydrogens is 340 g/mol. The van der Waals surface area contributed by atoms with Crippen molar-refractivity contribution in [3.8, 4) is 0 Å². The van der Waals surface area contributed by atoms with Crippen molar-refractivity contribution in [1.82, 2.24) is 4.90 Å². The van der Waals surface area contributed by atoms with Crippen molar-refractivity contribution < 1.29 is 9.84 Å². The standard InChI is InChI=1S/C21H30N4O2/c22-21(23,24)19(26)15-25-13-11-18(12-14-25)27-20(16-7-3-1-4-8-16)17-9-5-2-6-10-17/h1-10,18-20,26H,11-15,22-24H2. The number of hydrogen-bond donors (Lipinski definition) is 4. The van der Waals surface area contributed by atoms with Gasteiger partial charge in [0.1, 0.15) is 18.0 Å². The first-order valence-corrected chi connectivity index (χ1v) is 9.46. The van der Waals surface area contributed by atoms with E-state index in [4.69, 9.17) is 21.9 Å². The molecule has 1 heterocycles. The van der Waals surface area contributed by atoms with Gasteiger partial charge in [-0.25, -0.2) is 0 Å². The minimum atomic E-state index is -1.57. The van der Waals surface area contributed by atoms with E-state index in [1.54, 1.807) is 0 Å². The van der Waals surface area contributed by atoms with Crippen LogP contribution in [0.3, 0.4) is 0 Å². The van der Waals surface area contributed by atoms with Crippen LogP contribution < -0.4 is 17.2 Å². The zero-order valence-corrected chi connectivity index (χ0v) is 15.6. The van der Waals surface area contributed by atoms with Gasteiger partial charge >= 0.3 is 0 Å². The number of β-amino-alcohol motifs (C(OH)–C–C–N with tert-alkyl or cyclic N) is 1. The molecule has 0 bridgehead atoms. The van der Waals surface area contributed by atoms with Crippen LogP contribution in [0, 0.1) is 0 Å². The molecule has 1 aliphatic heterocycles. The second kappa shape index (κ2) is 8.93. The Bertz CT molecular complexity index is 643. The van der Waals surface area contributed by atoms with E-state index in [0.717, 1.165) is 37.1 Å². The van der Waals surface area contributed by atoms with Crippen LogP contribution in [-0.2, 0) is 4.74 Å². The zero-order valence-electron chi connectivity index (χ0n) is 15.6. The topological polar surface area (TPSA) is 111 Å². The Hall–Kier alpha value is -1.80. The van der Waals surface area contributed by atoms with Gasteiger partial charge in [-0.3, -0.25) is 17.2 Å². The minimum Gasteiger partial charge on any atom is -0.387 e. The maximum Gasteiger partial charge on any atom is 0.144 e. The van der Waals surface area contributed by atoms with E-state index in [2.05, 4.69) is 29.2 Å². The fourth-order valence-electron chi connectivity index (χ4n) is 3.43. The summed E-state index contributed by atoms with van der Waals surface area (Å²) in [6.07, 6.45) is 0.878. The summed E-state index contributed by atoms with van der Waals surface area (Å²) in [6.45, 7) is 2.00. The molecule has 0 spiro atoms. The molecule has 0 saturated carbocycles. The molecule has 6 nitrogen and oxygen atoms in total. The fourth-order valence-corrected chi connectivity index (χ4v) is 3.43. The van der Waals surface area contributed by atoms with Crippen molar-refractivity contribution in [1.29, 1.82) is 0 Å². The molecule has 1 saturated heterocycles. The Morgan fingerprint density at radius 2 is 1.41 bits per heavy atom. The highest BCUT2D eigenvalue weighted by molar-refractivity contribution is 5.30. The van der Waals surface area contributed by atoms with Crippen molar-refractivity contribution in [3.63, 3.8) is 0 Å². The first kappa shape index (κ1) is 19.9. The molecule has 6 heteroatoms. The lowest BCUT2D eigenvalue weighted by atomic mass is 10.00. The molecule has 2 aromatic carbocycles. The van der Waals surface area contributed by atoms with E-state index < -0.39 is 11.9 Å². The largest absolute Gasteiger partial charge is 0.387 e. The summed E-state index contributed by atoms with van der Waals surface area (Å²) < 4.78 is 6.52. The number of aliphatic hydroxyl groups excluding tert-OH is 1. The van der Waals surface area contributed by atoms with E-state index in [0.29, 0.717) is 6.54 Å². The molecule has 7 N–H and O–H groups in total. The van der Waals surface area contributed by atoms with Crippen LogP contribution in [0.1, 0.15) is 30.1 Å². The molecule has 1 aliphatic rings. The van der Waals surface area contributed by atoms with Gasteiger partial charge in [0.25, 0.3) is 0 Å². The maximum absolute atomic E-state index is 10.00. The average Bonchev–Trinajstić information content (AvgIpc) is 2.68. The predicted molar refractivity (Wildman–Crippen MR) is 107 cm³/mol. The summed E-state index contributed by atoms with van der Waals surface area (Å²) in [5.41, 5.74) is 19.0. The first-order valence-electron chi connectivity index (χ1n) is 9.46. The van der Waals surface area contributed by atoms with Crippen LogP contribution >= 0.6 is 0 Å². The molecule has 3 rings (SSSR count). The Morgan fingerprint density at radius 3 is 1.85 bits per heavy atom. The highest BCUT2D eigenvalue weighted by Crippen LogP contribution is 2.30. The number of likely N-dealkylation sites (tertiary alicyclic amines) is 1. The molecule has 0 aliphatic carbocycles. The molecule has 2 aromatic rings. The number of nitrogens with zero attached hydrogens (tertiary/aromatic N) is 1. The molecule has 146 valence electrons. The maximum atomic E-state index is 10.00. The highest BCUT2D eigenvalue weighted by atomic mass is 16.5. The summed E-state index contributed by atoms with van der Waals surface area (Å²) in [7, 11) is 0. The lowest BCUT2D eigenvalue weighted by Gasteiger charge is -2.37. The normalized spacial score (nSPS) is 18.0. The van der Waals surface area contributed by atoms with E-state index in [1.807, 2.05) is 36.4 Å². The van der Waals surface area contributed by atoms with Gasteiger partial charge in [-0.1, -0.05) is 60.7 Å². The molecule has 1 unspecified atom stereocenters. The second-order valence-corrected chi connectivity index (χ2v) is 7.35. The van der Waals surface area contributed by atoms with E-state index >= 15 is 0 Å². The molecule has 0 radical (unpaired) electrons. The number of aliphatic hydroxyl groups is 1. The molecule has 0 amide bonds. The van der Waals surface area contributed by atoms with Crippen LogP contribution in [0.5, 0.6) is 0 Å². The van der Waals surface area contributed by atoms with Crippen LogP contribution in [-0.4, -0.2) is 47.6 Å². The van der Waals surface area contributed by atoms with Crippen molar-refractivity contribution in [2.24, 2.45) is 17.2 Å². The summed E-state index contributed by atoms with van der Waals surface area (Å²) in [4.78, 5) is 2.13. The Morgan fingerprint density at radius 1 is 0.926 bits per heavy atom. The summed E-state index contributed by atoms with van der Waals surface area (Å²) >= 11 is 0. The van der Waals surface area contributed by atoms with Gasteiger partial charge in [0.05, 0.1) is 6.10 Å². The molecule has 27 heavy (non-hydrogen) atoms. The lowest BCUT2D eigenvalue weighted by Crippen LogP contribution is -2.68. The first-order chi connectivity index (χ1) is 12.9. The van der Waals surface area contributed by atoms with Crippen molar-refractivity contribution in [3.05, 3.63) is 71.8 Å². The molecule has 1 atom stereocenters. The van der Waals surface area contributed by atoms with E-state index in [1.165, 1.54) is 0 Å². The third-order valence-corrected chi connectivity index (χ3v) is 5.08. The van der Waals surface area contributed by atoms with Crippen molar-refractivity contribution in [2.75, 3.05) is 19.6 Å². The van der Waals surface area contributed by atoms with Crippen LogP contribution in [0.15, 0.2) is 60.7 Å². The van der Waals surface area contributed by atoms with Gasteiger partial charge in [0.2, 0.25) is 0 Å². The number of ether oxygens (including phenoxy) is 1. The third-order valence-electron chi connectivity index (χ3n) is 5.08. The van der Waals surface area contributed by atoms with E-state index in [-0.39, 0.29) is 12.2 Å². The van der Waals surface area contributed by atoms with Gasteiger partial charge in [0.15, 0.2) is 0 Å². The van der Waals surface area contributed by atoms with Crippen LogP contribution in [0.4, 0.5) is 0 Å². The summed E-state index contributed by atoms with van der Waals surface area (Å²) in [5.74, 6) is -1.57. The SMILES string of the molecule is NC(N)(N)C(O)CN1CCC(OC(c2ccccc2)c2ccccc2)CC1. The predicted octanol–water partition coefficient (Wildman–Crippen LogP) is 1.15. The Kier molecular flexibility index (Phi) is 6.59. The third kappa shape index (κ3) is 5.59. The number of benzene rings is 2. The van der Waals surface area contributed by atoms with Crippen molar-refractivity contribution in [2.45, 2.75) is 36.9 Å². The van der Waals surface area contributed by atoms with Gasteiger partial charge in [-0.15, -0.1) is 0 Å². The molecular formula is C21H30N4O2. The monoisotopic (exact) mass is 370 g/mol. The van der Waals surface area contributed by atoms with Crippen LogP contribution in [0.2, 0.25) is 0 Å². The van der Waals surface area contributed by atoms with Gasteiger partial charge < -0.3 is 14.7 Å². The number of rotatable bonds is 7. The number of nitrogens with two attached hydrogens (primary N) is 3. The summed E-state index contributed by atoms with van der Waals surface area (Å²) in [6, 6.07) is 20.6. The smallest absolute Gasteiger partial charge is 0.144 e. The number of hydrogen-bond acceptors (Lipinski definition) is 6. The molecule has 0 aromatic heterocycles. The quantitative estimate of drug-likeness (QED) is 0.544. The summed E-state index contributed by atoms with van der Waals surface area (Å²) in [5, 5.41) is 10.00. The highest BCUT2D eigenvalue weighted by Gasteiger charge is 2.29. The Balaban J connectivity index is 1.61. The minimum absolute atomic E-state index is 0.0840. The van der Waals surface area contributed by atoms with Crippen LogP contribution in [0.25, 0.3) is 0 Å². The number of piperidine rings is 1. The average molecular weight is 370 g/mol. The van der Waals surface area contributed by atoms with Crippen molar-refractivity contribution >= 4 is 0 Å². The zero-order chi connectivity index (χ0) is 19.3. The van der Waals surface area contributed by atoms with Gasteiger partial charge in [-0.2, -0.15) is 0 Å². The van der Waals surface area contributed by atoms with E-state index in [9.17, 15) is 5.11 Å². The Labute approximate surface area is 160 Å². The van der Waals surface area contributed by atoms with Gasteiger partial charge in [-0.05, 0) is 24.0 Å². The fraction of sp³-hybridized carbons (Fsp3) is 0.429.